The van der Waals surface area contributed by atoms with Gasteiger partial charge in [0, 0.05) is 56.9 Å². The predicted octanol–water partition coefficient (Wildman–Crippen LogP) is 13.7. The molecule has 2 atom stereocenters. The molecule has 322 valence electrons. The lowest BCUT2D eigenvalue weighted by molar-refractivity contribution is 0.393. The van der Waals surface area contributed by atoms with Gasteiger partial charge in [-0.2, -0.15) is 0 Å². The minimum atomic E-state index is -3.20. The number of fused-ring (bicyclic) bond motifs is 6. The third-order valence-electron chi connectivity index (χ3n) is 14.5. The lowest BCUT2D eigenvalue weighted by atomic mass is 9.74. The van der Waals surface area contributed by atoms with Gasteiger partial charge in [0.15, 0.2) is 8.07 Å². The van der Waals surface area contributed by atoms with E-state index >= 15 is 0 Å². The molecule has 9 aromatic carbocycles. The molecule has 10 aromatic rings. The molecule has 0 amide bonds. The van der Waals surface area contributed by atoms with Gasteiger partial charge in [-0.05, 0) is 110 Å². The van der Waals surface area contributed by atoms with E-state index in [1.807, 2.05) is 6.07 Å². The van der Waals surface area contributed by atoms with Gasteiger partial charge in [0.1, 0.15) is 11.2 Å². The fourth-order valence-electron chi connectivity index (χ4n) is 11.4. The van der Waals surface area contributed by atoms with E-state index in [1.165, 1.54) is 37.6 Å². The van der Waals surface area contributed by atoms with Gasteiger partial charge in [0.05, 0.1) is 0 Å². The number of hydrogen-bond acceptors (Lipinski definition) is 3. The van der Waals surface area contributed by atoms with Gasteiger partial charge in [-0.1, -0.05) is 196 Å². The van der Waals surface area contributed by atoms with Crippen molar-refractivity contribution in [2.75, 3.05) is 9.80 Å². The van der Waals surface area contributed by atoms with Crippen LogP contribution in [0.4, 0.5) is 28.4 Å². The number of benzene rings is 9. The Bertz CT molecular complexity index is 3430. The molecule has 0 fully saturated rings. The third-order valence-corrected chi connectivity index (χ3v) is 19.3. The van der Waals surface area contributed by atoms with Crippen LogP contribution in [-0.4, -0.2) is 8.07 Å². The first-order chi connectivity index (χ1) is 33.0. The van der Waals surface area contributed by atoms with E-state index in [1.54, 1.807) is 0 Å². The minimum Gasteiger partial charge on any atom is -0.456 e. The predicted molar refractivity (Wildman–Crippen MR) is 284 cm³/mol. The molecule has 0 N–H and O–H groups in total. The fraction of sp³-hybridized carbons (Fsp3) is 0.0794. The molecule has 3 nitrogen and oxygen atoms in total. The molecule has 0 saturated carbocycles. The van der Waals surface area contributed by atoms with E-state index in [2.05, 4.69) is 272 Å². The molecule has 2 aliphatic rings. The third kappa shape index (κ3) is 6.70. The summed E-state index contributed by atoms with van der Waals surface area (Å²) in [5, 5.41) is 7.42. The Hall–Kier alpha value is -7.92. The van der Waals surface area contributed by atoms with E-state index in [9.17, 15) is 0 Å². The van der Waals surface area contributed by atoms with Crippen molar-refractivity contribution in [1.29, 1.82) is 0 Å². The van der Waals surface area contributed by atoms with Gasteiger partial charge in [0.2, 0.25) is 0 Å². The molecule has 0 spiro atoms. The van der Waals surface area contributed by atoms with Crippen LogP contribution in [0, 0.1) is 5.92 Å². The second-order valence-corrected chi connectivity index (χ2v) is 22.3. The van der Waals surface area contributed by atoms with Gasteiger partial charge in [-0.3, -0.25) is 0 Å². The van der Waals surface area contributed by atoms with Crippen molar-refractivity contribution in [2.24, 2.45) is 5.92 Å². The number of para-hydroxylation sites is 4. The Kier molecular flexibility index (Phi) is 9.99. The molecule has 0 radical (unpaired) electrons. The first-order valence-electron chi connectivity index (χ1n) is 23.4. The van der Waals surface area contributed by atoms with E-state index < -0.39 is 8.07 Å². The maximum atomic E-state index is 6.56. The fourth-order valence-corrected chi connectivity index (χ4v) is 16.4. The van der Waals surface area contributed by atoms with Crippen molar-refractivity contribution in [2.45, 2.75) is 25.2 Å². The number of anilines is 5. The Balaban J connectivity index is 1.10. The van der Waals surface area contributed by atoms with E-state index in [0.29, 0.717) is 5.92 Å². The van der Waals surface area contributed by atoms with Gasteiger partial charge >= 0.3 is 0 Å². The van der Waals surface area contributed by atoms with Crippen LogP contribution in [0.25, 0.3) is 21.9 Å². The Morgan fingerprint density at radius 1 is 0.448 bits per heavy atom. The summed E-state index contributed by atoms with van der Waals surface area (Å²) in [7, 11) is -3.20. The summed E-state index contributed by atoms with van der Waals surface area (Å²) in [6.45, 7) is 4.81. The normalized spacial score (nSPS) is 16.1. The molecule has 0 aliphatic heterocycles. The van der Waals surface area contributed by atoms with Crippen LogP contribution in [0.3, 0.4) is 0 Å². The second-order valence-electron chi connectivity index (χ2n) is 18.5. The molecule has 67 heavy (non-hydrogen) atoms. The van der Waals surface area contributed by atoms with Crippen LogP contribution in [0.2, 0.25) is 0 Å². The lowest BCUT2D eigenvalue weighted by Crippen LogP contribution is -2.75. The van der Waals surface area contributed by atoms with Crippen LogP contribution < -0.4 is 30.5 Å². The number of hydrogen-bond donors (Lipinski definition) is 0. The zero-order valence-electron chi connectivity index (χ0n) is 37.7. The molecule has 0 bridgehead atoms. The molecule has 1 heterocycles. The van der Waals surface area contributed by atoms with Crippen molar-refractivity contribution in [3.05, 3.63) is 272 Å². The van der Waals surface area contributed by atoms with Crippen LogP contribution >= 0.6 is 0 Å². The highest BCUT2D eigenvalue weighted by Crippen LogP contribution is 2.54. The van der Waals surface area contributed by atoms with Gasteiger partial charge < -0.3 is 14.2 Å². The Labute approximate surface area is 394 Å². The molecule has 0 saturated heterocycles. The summed E-state index contributed by atoms with van der Waals surface area (Å²) in [6, 6.07) is 86.9. The Morgan fingerprint density at radius 3 is 1.73 bits per heavy atom. The van der Waals surface area contributed by atoms with E-state index in [4.69, 9.17) is 4.42 Å². The van der Waals surface area contributed by atoms with Crippen LogP contribution in [0.5, 0.6) is 0 Å². The van der Waals surface area contributed by atoms with E-state index in [-0.39, 0.29) is 11.3 Å². The van der Waals surface area contributed by atoms with Crippen molar-refractivity contribution in [3.63, 3.8) is 0 Å². The number of furan rings is 1. The summed E-state index contributed by atoms with van der Waals surface area (Å²) in [6.07, 6.45) is 7.38. The molecule has 2 unspecified atom stereocenters. The summed E-state index contributed by atoms with van der Waals surface area (Å²) < 4.78 is 6.56. The monoisotopic (exact) mass is 878 g/mol. The van der Waals surface area contributed by atoms with Crippen LogP contribution in [0.1, 0.15) is 30.9 Å². The summed E-state index contributed by atoms with van der Waals surface area (Å²) in [4.78, 5) is 4.91. The zero-order valence-corrected chi connectivity index (χ0v) is 38.7. The van der Waals surface area contributed by atoms with Gasteiger partial charge in [-0.25, -0.2) is 0 Å². The van der Waals surface area contributed by atoms with Crippen LogP contribution in [0.15, 0.2) is 265 Å². The SMILES string of the molecule is CC1(C)c2ccccc2C2C=C(N(c3ccccc3)c3cccc([Si](c4ccccc4)(c4ccccc4)c4ccccc4N(c4ccccc4)c4ccc5c(c4)oc4ccccc45)c3)C=CC21. The second kappa shape index (κ2) is 16.5. The number of allylic oxidation sites excluding steroid dienone is 3. The van der Waals surface area contributed by atoms with Crippen LogP contribution in [-0.2, 0) is 5.41 Å². The minimum absolute atomic E-state index is 0.0344. The molecule has 1 aromatic heterocycles. The van der Waals surface area contributed by atoms with Crippen molar-refractivity contribution < 1.29 is 4.42 Å². The lowest BCUT2D eigenvalue weighted by Gasteiger charge is -2.39. The smallest absolute Gasteiger partial charge is 0.181 e. The molecule has 12 rings (SSSR count). The highest BCUT2D eigenvalue weighted by molar-refractivity contribution is 7.20. The molecule has 2 aliphatic carbocycles. The first kappa shape index (κ1) is 40.6. The van der Waals surface area contributed by atoms with Gasteiger partial charge in [-0.15, -0.1) is 0 Å². The molecular formula is C63H50N2OSi. The maximum absolute atomic E-state index is 6.56. The summed E-state index contributed by atoms with van der Waals surface area (Å²) >= 11 is 0. The number of nitrogens with zero attached hydrogens (tertiary/aromatic N) is 2. The van der Waals surface area contributed by atoms with Crippen molar-refractivity contribution in [1.82, 2.24) is 0 Å². The highest BCUT2D eigenvalue weighted by Gasteiger charge is 2.46. The highest BCUT2D eigenvalue weighted by atomic mass is 28.3. The topological polar surface area (TPSA) is 19.6 Å². The quantitative estimate of drug-likeness (QED) is 0.101. The van der Waals surface area contributed by atoms with E-state index in [0.717, 1.165) is 50.4 Å². The first-order valence-corrected chi connectivity index (χ1v) is 25.4. The zero-order chi connectivity index (χ0) is 45.0. The average Bonchev–Trinajstić information content (AvgIpc) is 3.87. The standard InChI is InChI=1S/C63H50N2OSi/c1-63(2)57-34-17-15-32-53(57)56-43-48(39-41-58(56)63)64(45-22-7-3-8-23-45)47-26-21-31-52(42-47)67(50-27-11-5-12-28-50,51-29-13-6-14-30-51)62-37-20-18-35-59(62)65(46-24-9-4-10-25-46)49-38-40-55-54-33-16-19-36-60(54)66-61(55)44-49/h3-44,56,58H,1-2H3. The summed E-state index contributed by atoms with van der Waals surface area (Å²) in [5.74, 6) is 0.655. The molecular weight excluding hydrogens is 829 g/mol. The Morgan fingerprint density at radius 2 is 1.00 bits per heavy atom. The number of rotatable bonds is 10. The largest absolute Gasteiger partial charge is 0.456 e. The summed E-state index contributed by atoms with van der Waals surface area (Å²) in [5.41, 5.74) is 11.3. The van der Waals surface area contributed by atoms with Crippen molar-refractivity contribution >= 4 is 79.2 Å². The van der Waals surface area contributed by atoms with Crippen molar-refractivity contribution in [3.8, 4) is 0 Å². The molecule has 4 heteroatoms. The van der Waals surface area contributed by atoms with Gasteiger partial charge in [0.25, 0.3) is 0 Å². The maximum Gasteiger partial charge on any atom is 0.181 e. The average molecular weight is 879 g/mol.